The zero-order valence-corrected chi connectivity index (χ0v) is 18.8. The van der Waals surface area contributed by atoms with Crippen LogP contribution < -0.4 is 14.9 Å². The number of hydrogen-bond donors (Lipinski definition) is 3. The molecule has 0 bridgehead atoms. The number of anilines is 2. The van der Waals surface area contributed by atoms with Gasteiger partial charge in [0.25, 0.3) is 0 Å². The summed E-state index contributed by atoms with van der Waals surface area (Å²) in [5, 5.41) is 12.8. The van der Waals surface area contributed by atoms with Gasteiger partial charge in [0.1, 0.15) is 11.9 Å². The van der Waals surface area contributed by atoms with E-state index in [1.807, 2.05) is 6.07 Å². The quantitative estimate of drug-likeness (QED) is 0.333. The molecule has 11 heteroatoms. The third-order valence-electron chi connectivity index (χ3n) is 5.37. The van der Waals surface area contributed by atoms with E-state index < -0.39 is 17.1 Å². The molecule has 0 fully saturated rings. The molecule has 2 heterocycles. The second kappa shape index (κ2) is 10.5. The van der Waals surface area contributed by atoms with Crippen molar-refractivity contribution >= 4 is 28.8 Å². The first-order valence-corrected chi connectivity index (χ1v) is 11.6. The molecule has 1 aromatic heterocycles. The Morgan fingerprint density at radius 3 is 2.85 bits per heavy atom. The van der Waals surface area contributed by atoms with Gasteiger partial charge >= 0.3 is 0 Å². The maximum absolute atomic E-state index is 14.0. The number of carbonyl (C=O) groups excluding carboxylic acids is 1. The molecule has 0 radical (unpaired) electrons. The topological polar surface area (TPSA) is 131 Å². The summed E-state index contributed by atoms with van der Waals surface area (Å²) >= 11 is -2.09. The van der Waals surface area contributed by atoms with Crippen molar-refractivity contribution in [3.8, 4) is 17.3 Å². The predicted octanol–water partition coefficient (Wildman–Crippen LogP) is 2.42. The molecular weight excluding hydrogens is 459 g/mol. The van der Waals surface area contributed by atoms with Crippen LogP contribution >= 0.6 is 0 Å². The summed E-state index contributed by atoms with van der Waals surface area (Å²) in [5.74, 6) is -0.359. The van der Waals surface area contributed by atoms with E-state index in [2.05, 4.69) is 26.1 Å². The third kappa shape index (κ3) is 5.26. The van der Waals surface area contributed by atoms with Gasteiger partial charge in [-0.05, 0) is 41.8 Å². The molecule has 3 N–H and O–H groups in total. The van der Waals surface area contributed by atoms with Gasteiger partial charge in [-0.3, -0.25) is 9.35 Å². The minimum atomic E-state index is -2.09. The van der Waals surface area contributed by atoms with Crippen molar-refractivity contribution in [3.05, 3.63) is 71.2 Å². The van der Waals surface area contributed by atoms with Crippen molar-refractivity contribution < 1.29 is 17.9 Å². The van der Waals surface area contributed by atoms with Gasteiger partial charge in [0.05, 0.1) is 23.4 Å². The Hall–Kier alpha value is -3.72. The molecule has 2 aromatic carbocycles. The molecule has 1 aliphatic rings. The first-order valence-electron chi connectivity index (χ1n) is 10.5. The molecule has 1 aliphatic heterocycles. The molecule has 9 nitrogen and oxygen atoms in total. The lowest BCUT2D eigenvalue weighted by Gasteiger charge is -2.19. The summed E-state index contributed by atoms with van der Waals surface area (Å²) in [6.45, 7) is 0.990. The number of rotatable bonds is 8. The number of halogens is 1. The highest BCUT2D eigenvalue weighted by molar-refractivity contribution is 7.77. The zero-order valence-electron chi connectivity index (χ0n) is 18.0. The van der Waals surface area contributed by atoms with Crippen LogP contribution in [0.4, 0.5) is 16.0 Å². The second-order valence-electron chi connectivity index (χ2n) is 7.54. The SMILES string of the molecule is N#Cc1cc(-c2ccnc(NCCNS(=O)O)n2)cc2c1N(C(=O)Cc1ccccc1F)CC2. The largest absolute Gasteiger partial charge is 0.353 e. The predicted molar refractivity (Wildman–Crippen MR) is 126 cm³/mol. The lowest BCUT2D eigenvalue weighted by molar-refractivity contribution is -0.117. The van der Waals surface area contributed by atoms with Crippen LogP contribution in [0.3, 0.4) is 0 Å². The normalized spacial score (nSPS) is 13.3. The number of nitrogens with one attached hydrogen (secondary N) is 2. The average molecular weight is 481 g/mol. The number of hydrogen-bond acceptors (Lipinski definition) is 6. The number of amides is 1. The molecule has 1 atom stereocenters. The Kier molecular flexibility index (Phi) is 7.22. The summed E-state index contributed by atoms with van der Waals surface area (Å²) in [6, 6.07) is 13.6. The fourth-order valence-electron chi connectivity index (χ4n) is 3.85. The second-order valence-corrected chi connectivity index (χ2v) is 8.33. The molecule has 0 saturated carbocycles. The van der Waals surface area contributed by atoms with Crippen LogP contribution in [0.1, 0.15) is 16.7 Å². The van der Waals surface area contributed by atoms with Gasteiger partial charge in [0.2, 0.25) is 23.1 Å². The fourth-order valence-corrected chi connectivity index (χ4v) is 4.12. The molecular formula is C23H21FN6O3S. The Labute approximate surface area is 198 Å². The highest BCUT2D eigenvalue weighted by Gasteiger charge is 2.29. The summed E-state index contributed by atoms with van der Waals surface area (Å²) < 4.78 is 35.8. The van der Waals surface area contributed by atoms with Crippen LogP contribution in [-0.4, -0.2) is 44.3 Å². The van der Waals surface area contributed by atoms with Crippen LogP contribution in [0.2, 0.25) is 0 Å². The molecule has 0 spiro atoms. The number of benzene rings is 2. The van der Waals surface area contributed by atoms with Crippen molar-refractivity contribution in [1.82, 2.24) is 14.7 Å². The maximum atomic E-state index is 14.0. The van der Waals surface area contributed by atoms with E-state index in [1.165, 1.54) is 6.07 Å². The van der Waals surface area contributed by atoms with Gasteiger partial charge in [0.15, 0.2) is 0 Å². The Bertz CT molecular complexity index is 1300. The first-order chi connectivity index (χ1) is 16.5. The van der Waals surface area contributed by atoms with E-state index in [-0.39, 0.29) is 18.9 Å². The highest BCUT2D eigenvalue weighted by Crippen LogP contribution is 2.36. The standard InChI is InChI=1S/C23H21FN6O3S/c24-19-4-2-1-3-15(19)13-21(31)30-10-6-16-11-17(12-18(14-25)22(16)30)20-5-7-26-23(29-20)27-8-9-28-34(32)33/h1-5,7,11-12,28H,6,8-10,13H2,(H,32,33)(H,26,27,29). The minimum Gasteiger partial charge on any atom is -0.353 e. The van der Waals surface area contributed by atoms with Crippen molar-refractivity contribution in [2.75, 3.05) is 29.9 Å². The van der Waals surface area contributed by atoms with Crippen molar-refractivity contribution in [2.45, 2.75) is 12.8 Å². The molecule has 0 aliphatic carbocycles. The third-order valence-corrected chi connectivity index (χ3v) is 5.82. The summed E-state index contributed by atoms with van der Waals surface area (Å²) in [4.78, 5) is 23.1. The Morgan fingerprint density at radius 2 is 2.09 bits per heavy atom. The van der Waals surface area contributed by atoms with Crippen LogP contribution in [0.5, 0.6) is 0 Å². The van der Waals surface area contributed by atoms with Crippen LogP contribution in [0.15, 0.2) is 48.7 Å². The van der Waals surface area contributed by atoms with Gasteiger partial charge in [-0.25, -0.2) is 23.3 Å². The van der Waals surface area contributed by atoms with Gasteiger partial charge in [0, 0.05) is 31.4 Å². The van der Waals surface area contributed by atoms with Gasteiger partial charge in [-0.15, -0.1) is 0 Å². The van der Waals surface area contributed by atoms with E-state index in [0.29, 0.717) is 53.5 Å². The lowest BCUT2D eigenvalue weighted by Crippen LogP contribution is -2.31. The summed E-state index contributed by atoms with van der Waals surface area (Å²) in [5.41, 5.74) is 3.36. The molecule has 4 rings (SSSR count). The number of fused-ring (bicyclic) bond motifs is 1. The van der Waals surface area contributed by atoms with Gasteiger partial charge in [-0.2, -0.15) is 5.26 Å². The van der Waals surface area contributed by atoms with Gasteiger partial charge < -0.3 is 10.2 Å². The lowest BCUT2D eigenvalue weighted by atomic mass is 10.0. The van der Waals surface area contributed by atoms with Crippen molar-refractivity contribution in [2.24, 2.45) is 0 Å². The van der Waals surface area contributed by atoms with Crippen molar-refractivity contribution in [1.29, 1.82) is 5.26 Å². The average Bonchev–Trinajstić information content (AvgIpc) is 3.27. The van der Waals surface area contributed by atoms with Gasteiger partial charge in [-0.1, -0.05) is 18.2 Å². The van der Waals surface area contributed by atoms with Crippen LogP contribution in [-0.2, 0) is 28.9 Å². The number of nitrogens with zero attached hydrogens (tertiary/aromatic N) is 4. The molecule has 174 valence electrons. The maximum Gasteiger partial charge on any atom is 0.231 e. The van der Waals surface area contributed by atoms with E-state index >= 15 is 0 Å². The monoisotopic (exact) mass is 480 g/mol. The van der Waals surface area contributed by atoms with E-state index in [1.54, 1.807) is 41.4 Å². The molecule has 34 heavy (non-hydrogen) atoms. The Morgan fingerprint density at radius 1 is 1.26 bits per heavy atom. The van der Waals surface area contributed by atoms with Crippen LogP contribution in [0, 0.1) is 17.1 Å². The molecule has 1 unspecified atom stereocenters. The molecule has 0 saturated heterocycles. The minimum absolute atomic E-state index is 0.0849. The summed E-state index contributed by atoms with van der Waals surface area (Å²) in [7, 11) is 0. The van der Waals surface area contributed by atoms with Crippen molar-refractivity contribution in [3.63, 3.8) is 0 Å². The first kappa shape index (κ1) is 23.4. The molecule has 3 aromatic rings. The number of nitriles is 1. The summed E-state index contributed by atoms with van der Waals surface area (Å²) in [6.07, 6.45) is 2.06. The highest BCUT2D eigenvalue weighted by atomic mass is 32.2. The van der Waals surface area contributed by atoms with E-state index in [9.17, 15) is 18.7 Å². The number of aromatic nitrogens is 2. The van der Waals surface area contributed by atoms with E-state index in [0.717, 1.165) is 5.56 Å². The van der Waals surface area contributed by atoms with E-state index in [4.69, 9.17) is 4.55 Å². The number of carbonyl (C=O) groups is 1. The Balaban J connectivity index is 1.56. The molecule has 1 amide bonds. The zero-order chi connectivity index (χ0) is 24.1. The smallest absolute Gasteiger partial charge is 0.231 e. The van der Waals surface area contributed by atoms with Crippen LogP contribution in [0.25, 0.3) is 11.3 Å². The fraction of sp³-hybridized carbons (Fsp3) is 0.217.